The molecule has 0 radical (unpaired) electrons. The van der Waals surface area contributed by atoms with Crippen molar-refractivity contribution in [1.82, 2.24) is 10.3 Å². The molecule has 1 aliphatic rings. The highest BCUT2D eigenvalue weighted by molar-refractivity contribution is 5.95. The van der Waals surface area contributed by atoms with Crippen LogP contribution in [0, 0.1) is 12.8 Å². The van der Waals surface area contributed by atoms with E-state index in [4.69, 9.17) is 4.74 Å². The minimum atomic E-state index is -0.0178. The molecule has 1 N–H and O–H groups in total. The fourth-order valence-electron chi connectivity index (χ4n) is 3.09. The van der Waals surface area contributed by atoms with Crippen LogP contribution in [0.25, 0.3) is 0 Å². The molecule has 2 rings (SSSR count). The highest BCUT2D eigenvalue weighted by Crippen LogP contribution is 2.25. The summed E-state index contributed by atoms with van der Waals surface area (Å²) in [5, 5.41) is 3.15. The smallest absolute Gasteiger partial charge is 0.253 e. The van der Waals surface area contributed by atoms with Gasteiger partial charge in [0.1, 0.15) is 0 Å². The highest BCUT2D eigenvalue weighted by atomic mass is 16.5. The van der Waals surface area contributed by atoms with Gasteiger partial charge in [-0.05, 0) is 37.8 Å². The molecule has 116 valence electrons. The molecule has 0 saturated carbocycles. The molecule has 1 fully saturated rings. The van der Waals surface area contributed by atoms with Gasteiger partial charge in [-0.1, -0.05) is 26.7 Å². The first kappa shape index (κ1) is 16.0. The molecule has 0 aromatic carbocycles. The fraction of sp³-hybridized carbons (Fsp3) is 0.647. The van der Waals surface area contributed by atoms with Gasteiger partial charge >= 0.3 is 0 Å². The molecule has 1 amide bonds. The number of amides is 1. The van der Waals surface area contributed by atoms with E-state index in [0.29, 0.717) is 11.5 Å². The standard InChI is InChI=1S/C17H26N2O2/c1-4-13(5-2)16-11-14(8-10-21-16)19-17(20)15-7-6-9-18-12(15)3/h6-7,9,13-14,16H,4-5,8,10-11H2,1-3H3,(H,19,20)/t14-,16-/m1/s1. The molecular weight excluding hydrogens is 264 g/mol. The van der Waals surface area contributed by atoms with Gasteiger partial charge in [0.15, 0.2) is 0 Å². The average Bonchev–Trinajstić information content (AvgIpc) is 2.49. The molecule has 2 atom stereocenters. The Morgan fingerprint density at radius 3 is 2.90 bits per heavy atom. The third-order valence-corrected chi connectivity index (χ3v) is 4.48. The van der Waals surface area contributed by atoms with Crippen molar-refractivity contribution in [2.75, 3.05) is 6.61 Å². The lowest BCUT2D eigenvalue weighted by atomic mass is 9.89. The first-order valence-corrected chi connectivity index (χ1v) is 7.99. The quantitative estimate of drug-likeness (QED) is 0.906. The number of hydrogen-bond donors (Lipinski definition) is 1. The molecule has 0 bridgehead atoms. The number of nitrogens with zero attached hydrogens (tertiary/aromatic N) is 1. The summed E-state index contributed by atoms with van der Waals surface area (Å²) < 4.78 is 5.90. The molecule has 1 saturated heterocycles. The topological polar surface area (TPSA) is 51.2 Å². The summed E-state index contributed by atoms with van der Waals surface area (Å²) in [7, 11) is 0. The summed E-state index contributed by atoms with van der Waals surface area (Å²) in [5.74, 6) is 0.570. The number of carbonyl (C=O) groups is 1. The van der Waals surface area contributed by atoms with Crippen molar-refractivity contribution in [2.45, 2.75) is 58.6 Å². The van der Waals surface area contributed by atoms with Gasteiger partial charge in [-0.2, -0.15) is 0 Å². The highest BCUT2D eigenvalue weighted by Gasteiger charge is 2.28. The van der Waals surface area contributed by atoms with Crippen molar-refractivity contribution < 1.29 is 9.53 Å². The van der Waals surface area contributed by atoms with Crippen molar-refractivity contribution in [3.63, 3.8) is 0 Å². The van der Waals surface area contributed by atoms with Crippen LogP contribution >= 0.6 is 0 Å². The maximum absolute atomic E-state index is 12.4. The lowest BCUT2D eigenvalue weighted by Crippen LogP contribution is -2.44. The van der Waals surface area contributed by atoms with Crippen molar-refractivity contribution in [3.05, 3.63) is 29.6 Å². The Bertz CT molecular complexity index is 472. The summed E-state index contributed by atoms with van der Waals surface area (Å²) in [6.45, 7) is 7.02. The number of rotatable bonds is 5. The average molecular weight is 290 g/mol. The summed E-state index contributed by atoms with van der Waals surface area (Å²) in [4.78, 5) is 16.5. The zero-order valence-corrected chi connectivity index (χ0v) is 13.3. The number of ether oxygens (including phenoxy) is 1. The van der Waals surface area contributed by atoms with Gasteiger partial charge in [-0.3, -0.25) is 9.78 Å². The predicted molar refractivity (Wildman–Crippen MR) is 83.3 cm³/mol. The van der Waals surface area contributed by atoms with Gasteiger partial charge in [0.2, 0.25) is 0 Å². The van der Waals surface area contributed by atoms with E-state index in [1.807, 2.05) is 13.0 Å². The minimum absolute atomic E-state index is 0.0178. The van der Waals surface area contributed by atoms with Gasteiger partial charge in [-0.25, -0.2) is 0 Å². The fourth-order valence-corrected chi connectivity index (χ4v) is 3.09. The molecule has 1 aliphatic heterocycles. The molecule has 21 heavy (non-hydrogen) atoms. The van der Waals surface area contributed by atoms with Crippen LogP contribution in [0.5, 0.6) is 0 Å². The second-order valence-electron chi connectivity index (χ2n) is 5.82. The lowest BCUT2D eigenvalue weighted by Gasteiger charge is -2.34. The number of aromatic nitrogens is 1. The van der Waals surface area contributed by atoms with Crippen molar-refractivity contribution in [1.29, 1.82) is 0 Å². The molecule has 1 aromatic rings. The molecule has 0 unspecified atom stereocenters. The van der Waals surface area contributed by atoms with Gasteiger partial charge in [0.25, 0.3) is 5.91 Å². The molecule has 0 spiro atoms. The Hall–Kier alpha value is -1.42. The number of aryl methyl sites for hydroxylation is 1. The first-order valence-electron chi connectivity index (χ1n) is 7.99. The second-order valence-corrected chi connectivity index (χ2v) is 5.82. The number of carbonyl (C=O) groups excluding carboxylic acids is 1. The summed E-state index contributed by atoms with van der Waals surface area (Å²) in [6, 6.07) is 3.84. The van der Waals surface area contributed by atoms with Crippen LogP contribution in [0.4, 0.5) is 0 Å². The van der Waals surface area contributed by atoms with Crippen LogP contribution in [0.1, 0.15) is 55.6 Å². The number of nitrogens with one attached hydrogen (secondary N) is 1. The van der Waals surface area contributed by atoms with Crippen LogP contribution in [0.2, 0.25) is 0 Å². The Morgan fingerprint density at radius 1 is 1.48 bits per heavy atom. The SMILES string of the molecule is CCC(CC)[C@H]1C[C@H](NC(=O)c2cccnc2C)CCO1. The molecule has 4 nitrogen and oxygen atoms in total. The Kier molecular flexibility index (Phi) is 5.74. The van der Waals surface area contributed by atoms with E-state index in [1.165, 1.54) is 0 Å². The Balaban J connectivity index is 1.96. The van der Waals surface area contributed by atoms with Crippen LogP contribution in [-0.4, -0.2) is 29.6 Å². The first-order chi connectivity index (χ1) is 10.2. The van der Waals surface area contributed by atoms with E-state index in [9.17, 15) is 4.79 Å². The molecule has 1 aromatic heterocycles. The maximum atomic E-state index is 12.4. The lowest BCUT2D eigenvalue weighted by molar-refractivity contribution is -0.0337. The third-order valence-electron chi connectivity index (χ3n) is 4.48. The largest absolute Gasteiger partial charge is 0.378 e. The molecule has 0 aliphatic carbocycles. The van der Waals surface area contributed by atoms with Crippen LogP contribution in [0.3, 0.4) is 0 Å². The van der Waals surface area contributed by atoms with Gasteiger partial charge < -0.3 is 10.1 Å². The zero-order chi connectivity index (χ0) is 15.2. The van der Waals surface area contributed by atoms with E-state index < -0.39 is 0 Å². The summed E-state index contributed by atoms with van der Waals surface area (Å²) in [6.07, 6.45) is 6.05. The van der Waals surface area contributed by atoms with Crippen LogP contribution in [-0.2, 0) is 4.74 Å². The second kappa shape index (κ2) is 7.55. The van der Waals surface area contributed by atoms with Crippen LogP contribution in [0.15, 0.2) is 18.3 Å². The van der Waals surface area contributed by atoms with E-state index in [1.54, 1.807) is 12.3 Å². The predicted octanol–water partition coefficient (Wildman–Crippen LogP) is 3.10. The van der Waals surface area contributed by atoms with Crippen LogP contribution < -0.4 is 5.32 Å². The van der Waals surface area contributed by atoms with Crippen molar-refractivity contribution in [3.8, 4) is 0 Å². The van der Waals surface area contributed by atoms with E-state index >= 15 is 0 Å². The summed E-state index contributed by atoms with van der Waals surface area (Å²) >= 11 is 0. The van der Waals surface area contributed by atoms with Crippen molar-refractivity contribution in [2.24, 2.45) is 5.92 Å². The van der Waals surface area contributed by atoms with E-state index in [-0.39, 0.29) is 18.1 Å². The molecule has 2 heterocycles. The van der Waals surface area contributed by atoms with Crippen molar-refractivity contribution >= 4 is 5.91 Å². The summed E-state index contributed by atoms with van der Waals surface area (Å²) in [5.41, 5.74) is 1.45. The normalized spacial score (nSPS) is 22.3. The molecular formula is C17H26N2O2. The monoisotopic (exact) mass is 290 g/mol. The third kappa shape index (κ3) is 4.03. The molecule has 4 heteroatoms. The number of hydrogen-bond acceptors (Lipinski definition) is 3. The van der Waals surface area contributed by atoms with Gasteiger partial charge in [0, 0.05) is 24.5 Å². The maximum Gasteiger partial charge on any atom is 0.253 e. The Labute approximate surface area is 127 Å². The minimum Gasteiger partial charge on any atom is -0.378 e. The van der Waals surface area contributed by atoms with Gasteiger partial charge in [0.05, 0.1) is 11.7 Å². The van der Waals surface area contributed by atoms with E-state index in [2.05, 4.69) is 24.1 Å². The van der Waals surface area contributed by atoms with Gasteiger partial charge in [-0.15, -0.1) is 0 Å². The zero-order valence-electron chi connectivity index (χ0n) is 13.3. The Morgan fingerprint density at radius 2 is 2.24 bits per heavy atom. The van der Waals surface area contributed by atoms with E-state index in [0.717, 1.165) is 38.0 Å². The number of pyridine rings is 1.